The van der Waals surface area contributed by atoms with Crippen LogP contribution in [0.2, 0.25) is 0 Å². The summed E-state index contributed by atoms with van der Waals surface area (Å²) in [7, 11) is -4.23. The van der Waals surface area contributed by atoms with Gasteiger partial charge in [0.15, 0.2) is 0 Å². The molecule has 0 radical (unpaired) electrons. The molecule has 0 aliphatic heterocycles. The molecule has 0 bridgehead atoms. The van der Waals surface area contributed by atoms with Gasteiger partial charge in [0.1, 0.15) is 6.10 Å². The van der Waals surface area contributed by atoms with Gasteiger partial charge in [-0.25, -0.2) is 4.57 Å². The molecule has 2 unspecified atom stereocenters. The van der Waals surface area contributed by atoms with Gasteiger partial charge in [-0.15, -0.1) is 0 Å². The smallest absolute Gasteiger partial charge is 0.457 e. The monoisotopic (exact) mass is 563 g/mol. The second-order valence-corrected chi connectivity index (χ2v) is 11.4. The van der Waals surface area contributed by atoms with Crippen molar-refractivity contribution in [3.05, 3.63) is 12.2 Å². The molecule has 0 aromatic carbocycles. The van der Waals surface area contributed by atoms with Crippen molar-refractivity contribution in [3.8, 4) is 0 Å². The van der Waals surface area contributed by atoms with Gasteiger partial charge < -0.3 is 20.1 Å². The van der Waals surface area contributed by atoms with Crippen molar-refractivity contribution >= 4 is 13.8 Å². The molecular weight excluding hydrogens is 505 g/mol. The van der Waals surface area contributed by atoms with Crippen LogP contribution in [-0.2, 0) is 27.9 Å². The highest BCUT2D eigenvalue weighted by atomic mass is 31.2. The Labute approximate surface area is 233 Å². The first-order valence-corrected chi connectivity index (χ1v) is 16.7. The highest BCUT2D eigenvalue weighted by Gasteiger charge is 2.24. The number of esters is 1. The molecule has 3 N–H and O–H groups in total. The van der Waals surface area contributed by atoms with E-state index in [9.17, 15) is 14.3 Å². The summed E-state index contributed by atoms with van der Waals surface area (Å²) in [5, 5.41) is 0. The van der Waals surface area contributed by atoms with Crippen molar-refractivity contribution < 1.29 is 32.8 Å². The van der Waals surface area contributed by atoms with Gasteiger partial charge in [-0.3, -0.25) is 13.8 Å². The van der Waals surface area contributed by atoms with Gasteiger partial charge in [0.2, 0.25) is 0 Å². The largest absolute Gasteiger partial charge is 0.472 e. The normalized spacial score (nSPS) is 14.1. The topological polar surface area (TPSA) is 117 Å². The molecule has 0 saturated carbocycles. The molecule has 0 aliphatic rings. The molecule has 226 valence electrons. The molecule has 9 heteroatoms. The Hall–Kier alpha value is -0.760. The Kier molecular flexibility index (Phi) is 27.2. The second-order valence-electron chi connectivity index (χ2n) is 9.93. The third kappa shape index (κ3) is 26.8. The Morgan fingerprint density at radius 1 is 0.763 bits per heavy atom. The lowest BCUT2D eigenvalue weighted by molar-refractivity contribution is -0.154. The van der Waals surface area contributed by atoms with E-state index in [1.165, 1.54) is 96.3 Å². The maximum Gasteiger partial charge on any atom is 0.472 e. The van der Waals surface area contributed by atoms with Crippen LogP contribution in [-0.4, -0.2) is 49.9 Å². The van der Waals surface area contributed by atoms with Crippen LogP contribution in [0.1, 0.15) is 129 Å². The van der Waals surface area contributed by atoms with Crippen LogP contribution in [0.4, 0.5) is 0 Å². The van der Waals surface area contributed by atoms with Crippen molar-refractivity contribution in [1.82, 2.24) is 0 Å². The average Bonchev–Trinajstić information content (AvgIpc) is 2.91. The zero-order chi connectivity index (χ0) is 28.2. The number of hydrogen-bond acceptors (Lipinski definition) is 7. The highest BCUT2D eigenvalue weighted by molar-refractivity contribution is 7.47. The highest BCUT2D eigenvalue weighted by Crippen LogP contribution is 2.43. The number of unbranched alkanes of at least 4 members (excludes halogenated alkanes) is 15. The first-order valence-electron chi connectivity index (χ1n) is 15.2. The molecule has 0 saturated heterocycles. The van der Waals surface area contributed by atoms with E-state index in [0.29, 0.717) is 6.61 Å². The summed E-state index contributed by atoms with van der Waals surface area (Å²) < 4.78 is 32.2. The van der Waals surface area contributed by atoms with Crippen LogP contribution in [0.15, 0.2) is 12.2 Å². The van der Waals surface area contributed by atoms with Gasteiger partial charge in [-0.1, -0.05) is 103 Å². The van der Waals surface area contributed by atoms with Crippen molar-refractivity contribution in [1.29, 1.82) is 0 Å². The quantitative estimate of drug-likeness (QED) is 0.0413. The number of phosphoric acid groups is 1. The maximum absolute atomic E-state index is 11.8. The van der Waals surface area contributed by atoms with E-state index >= 15 is 0 Å². The lowest BCUT2D eigenvalue weighted by Gasteiger charge is -2.19. The molecule has 0 fully saturated rings. The van der Waals surface area contributed by atoms with E-state index in [2.05, 4.69) is 19.1 Å². The molecule has 0 aromatic heterocycles. The fourth-order valence-electron chi connectivity index (χ4n) is 3.96. The summed E-state index contributed by atoms with van der Waals surface area (Å²) in [5.41, 5.74) is 5.26. The molecular formula is C29H58NO7P. The van der Waals surface area contributed by atoms with Gasteiger partial charge in [-0.2, -0.15) is 0 Å². The molecule has 0 amide bonds. The molecule has 2 atom stereocenters. The van der Waals surface area contributed by atoms with E-state index in [0.717, 1.165) is 12.8 Å². The molecule has 38 heavy (non-hydrogen) atoms. The minimum absolute atomic E-state index is 0.0968. The molecule has 0 heterocycles. The lowest BCUT2D eigenvalue weighted by atomic mass is 10.1. The Morgan fingerprint density at radius 2 is 1.29 bits per heavy atom. The van der Waals surface area contributed by atoms with Crippen molar-refractivity contribution in [2.45, 2.75) is 136 Å². The van der Waals surface area contributed by atoms with E-state index in [1.807, 2.05) is 0 Å². The van der Waals surface area contributed by atoms with E-state index in [4.69, 9.17) is 24.3 Å². The van der Waals surface area contributed by atoms with Crippen LogP contribution >= 0.6 is 7.82 Å². The zero-order valence-electron chi connectivity index (χ0n) is 24.4. The minimum Gasteiger partial charge on any atom is -0.457 e. The SMILES string of the molecule is CCCCCCCCC/C=C\CCCCCCCCCCOCC(COP(=O)(O)OCCN)OC(=O)CC. The molecule has 0 spiro atoms. The summed E-state index contributed by atoms with van der Waals surface area (Å²) in [4.78, 5) is 21.2. The fourth-order valence-corrected chi connectivity index (χ4v) is 4.73. The fraction of sp³-hybridized carbons (Fsp3) is 0.897. The van der Waals surface area contributed by atoms with Crippen LogP contribution in [0.25, 0.3) is 0 Å². The summed E-state index contributed by atoms with van der Waals surface area (Å²) in [6, 6.07) is 0. The Balaban J connectivity index is 3.64. The van der Waals surface area contributed by atoms with Gasteiger partial charge in [0, 0.05) is 19.6 Å². The maximum atomic E-state index is 11.8. The number of ether oxygens (including phenoxy) is 2. The standard InChI is InChI=1S/C29H58NO7P/c1-3-5-6-7-8-9-10-11-12-13-14-15-16-17-18-19-20-21-22-24-34-26-28(37-29(31)4-2)27-36-38(32,33)35-25-23-30/h12-13,28H,3-11,14-27,30H2,1-2H3,(H,32,33)/b13-12-. The third-order valence-electron chi connectivity index (χ3n) is 6.24. The van der Waals surface area contributed by atoms with Crippen LogP contribution < -0.4 is 5.73 Å². The summed E-state index contributed by atoms with van der Waals surface area (Å²) in [6.45, 7) is 4.32. The molecule has 0 rings (SSSR count). The first kappa shape index (κ1) is 37.2. The van der Waals surface area contributed by atoms with Gasteiger partial charge in [-0.05, 0) is 32.1 Å². The number of allylic oxidation sites excluding steroid dienone is 2. The predicted octanol–water partition coefficient (Wildman–Crippen LogP) is 7.62. The number of phosphoric ester groups is 1. The number of carbonyl (C=O) groups excluding carboxylic acids is 1. The zero-order valence-corrected chi connectivity index (χ0v) is 25.3. The van der Waals surface area contributed by atoms with Gasteiger partial charge in [0.25, 0.3) is 0 Å². The summed E-state index contributed by atoms with van der Waals surface area (Å²) in [6.07, 6.45) is 25.9. The Bertz CT molecular complexity index is 603. The number of rotatable bonds is 29. The van der Waals surface area contributed by atoms with Crippen LogP contribution in [0.3, 0.4) is 0 Å². The van der Waals surface area contributed by atoms with Gasteiger partial charge >= 0.3 is 13.8 Å². The third-order valence-corrected chi connectivity index (χ3v) is 7.22. The number of hydrogen-bond donors (Lipinski definition) is 2. The first-order chi connectivity index (χ1) is 18.4. The second kappa shape index (κ2) is 27.8. The van der Waals surface area contributed by atoms with Gasteiger partial charge in [0.05, 0.1) is 19.8 Å². The number of carbonyl (C=O) groups is 1. The Morgan fingerprint density at radius 3 is 1.82 bits per heavy atom. The average molecular weight is 564 g/mol. The van der Waals surface area contributed by atoms with E-state index in [-0.39, 0.29) is 32.8 Å². The van der Waals surface area contributed by atoms with Crippen LogP contribution in [0, 0.1) is 0 Å². The van der Waals surface area contributed by atoms with Crippen molar-refractivity contribution in [2.24, 2.45) is 5.73 Å². The minimum atomic E-state index is -4.23. The predicted molar refractivity (Wildman–Crippen MR) is 155 cm³/mol. The van der Waals surface area contributed by atoms with E-state index in [1.54, 1.807) is 6.92 Å². The molecule has 0 aromatic rings. The lowest BCUT2D eigenvalue weighted by Crippen LogP contribution is -2.28. The summed E-state index contributed by atoms with van der Waals surface area (Å²) in [5.74, 6) is -0.419. The summed E-state index contributed by atoms with van der Waals surface area (Å²) >= 11 is 0. The van der Waals surface area contributed by atoms with Crippen molar-refractivity contribution in [2.75, 3.05) is 33.0 Å². The van der Waals surface area contributed by atoms with Crippen LogP contribution in [0.5, 0.6) is 0 Å². The molecule has 0 aliphatic carbocycles. The molecule has 8 nitrogen and oxygen atoms in total. The van der Waals surface area contributed by atoms with E-state index < -0.39 is 19.9 Å². The van der Waals surface area contributed by atoms with Crippen molar-refractivity contribution in [3.63, 3.8) is 0 Å². The number of nitrogens with two attached hydrogens (primary N) is 1.